The molecule has 128 valence electrons. The summed E-state index contributed by atoms with van der Waals surface area (Å²) < 4.78 is 6.42. The molecule has 1 aliphatic heterocycles. The second-order valence-electron chi connectivity index (χ2n) is 9.18. The van der Waals surface area contributed by atoms with Crippen molar-refractivity contribution in [2.75, 3.05) is 11.5 Å². The summed E-state index contributed by atoms with van der Waals surface area (Å²) in [7, 11) is 0.299. The Morgan fingerprint density at radius 3 is 2.09 bits per heavy atom. The predicted molar refractivity (Wildman–Crippen MR) is 94.5 cm³/mol. The molecule has 0 aromatic rings. The van der Waals surface area contributed by atoms with Crippen LogP contribution in [0.5, 0.6) is 0 Å². The Balaban J connectivity index is 1.38. The van der Waals surface area contributed by atoms with Crippen LogP contribution in [0.15, 0.2) is 0 Å². The number of carbonyl (C=O) groups is 1. The van der Waals surface area contributed by atoms with Gasteiger partial charge in [0.05, 0.1) is 0 Å². The number of ether oxygens (including phenoxy) is 1. The van der Waals surface area contributed by atoms with E-state index in [4.69, 9.17) is 4.74 Å². The highest BCUT2D eigenvalue weighted by molar-refractivity contribution is 7.98. The van der Waals surface area contributed by atoms with Crippen LogP contribution >= 0.6 is 0 Å². The van der Waals surface area contributed by atoms with Crippen molar-refractivity contribution in [3.05, 3.63) is 0 Å². The van der Waals surface area contributed by atoms with Crippen LogP contribution < -0.4 is 0 Å². The van der Waals surface area contributed by atoms with Gasteiger partial charge in [0.25, 0.3) is 0 Å². The molecule has 0 amide bonds. The molecular weight excluding hydrogens is 304 g/mol. The molecule has 4 unspecified atom stereocenters. The molecule has 0 N–H and O–H groups in total. The molecule has 1 heterocycles. The van der Waals surface area contributed by atoms with Gasteiger partial charge in [-0.15, -0.1) is 0 Å². The molecule has 6 aliphatic rings. The van der Waals surface area contributed by atoms with E-state index in [9.17, 15) is 4.79 Å². The third-order valence-corrected chi connectivity index (χ3v) is 11.5. The molecule has 4 atom stereocenters. The maximum atomic E-state index is 13.5. The van der Waals surface area contributed by atoms with Crippen molar-refractivity contribution in [1.29, 1.82) is 0 Å². The lowest BCUT2D eigenvalue weighted by atomic mass is 9.85. The maximum Gasteiger partial charge on any atom is 0.363 e. The molecule has 23 heavy (non-hydrogen) atoms. The van der Waals surface area contributed by atoms with E-state index in [0.717, 1.165) is 24.7 Å². The Bertz CT molecular complexity index is 488. The van der Waals surface area contributed by atoms with E-state index in [1.54, 1.807) is 0 Å². The highest BCUT2D eigenvalue weighted by atomic mass is 32.2. The van der Waals surface area contributed by atoms with Crippen LogP contribution in [0.4, 0.5) is 0 Å². The average molecular weight is 336 g/mol. The Kier molecular flexibility index (Phi) is 3.39. The Morgan fingerprint density at radius 1 is 0.913 bits per heavy atom. The van der Waals surface area contributed by atoms with Crippen molar-refractivity contribution in [3.8, 4) is 0 Å². The fraction of sp³-hybridized carbons (Fsp3) is 0.950. The first-order chi connectivity index (χ1) is 11.1. The van der Waals surface area contributed by atoms with E-state index in [-0.39, 0.29) is 16.3 Å². The third kappa shape index (κ3) is 1.98. The van der Waals surface area contributed by atoms with Crippen molar-refractivity contribution in [2.45, 2.75) is 81.5 Å². The van der Waals surface area contributed by atoms with Crippen LogP contribution in [-0.2, 0) is 20.4 Å². The van der Waals surface area contributed by atoms with Gasteiger partial charge in [0.15, 0.2) is 0 Å². The van der Waals surface area contributed by atoms with Crippen LogP contribution in [0.2, 0.25) is 0 Å². The van der Waals surface area contributed by atoms with Gasteiger partial charge in [-0.1, -0.05) is 0 Å². The monoisotopic (exact) mass is 335 g/mol. The summed E-state index contributed by atoms with van der Waals surface area (Å²) in [5.74, 6) is 5.96. The van der Waals surface area contributed by atoms with Gasteiger partial charge in [-0.2, -0.15) is 0 Å². The molecule has 3 heteroatoms. The zero-order valence-corrected chi connectivity index (χ0v) is 15.3. The van der Waals surface area contributed by atoms with Crippen LogP contribution in [-0.4, -0.2) is 27.8 Å². The highest BCUT2D eigenvalue weighted by Crippen LogP contribution is 2.69. The first-order valence-electron chi connectivity index (χ1n) is 10.0. The van der Waals surface area contributed by atoms with E-state index in [1.807, 2.05) is 0 Å². The summed E-state index contributed by atoms with van der Waals surface area (Å²) in [6.45, 7) is 2.30. The number of hydrogen-bond donors (Lipinski definition) is 0. The van der Waals surface area contributed by atoms with E-state index in [2.05, 4.69) is 6.92 Å². The van der Waals surface area contributed by atoms with Gasteiger partial charge < -0.3 is 4.74 Å². The SMILES string of the molecule is CC1(OC(=O)C2([S+]3CCCCC3)CCCC2)C2CC3CC2CC31. The molecule has 6 fully saturated rings. The van der Waals surface area contributed by atoms with Gasteiger partial charge in [-0.25, -0.2) is 4.79 Å². The largest absolute Gasteiger partial charge is 0.455 e. The second kappa shape index (κ2) is 5.16. The molecule has 0 spiro atoms. The normalized spacial score (nSPS) is 47.5. The van der Waals surface area contributed by atoms with Crippen LogP contribution in [0, 0.1) is 23.7 Å². The zero-order valence-electron chi connectivity index (χ0n) is 14.5. The Hall–Kier alpha value is -0.180. The van der Waals surface area contributed by atoms with Crippen molar-refractivity contribution in [2.24, 2.45) is 23.7 Å². The van der Waals surface area contributed by atoms with Crippen molar-refractivity contribution in [1.82, 2.24) is 0 Å². The fourth-order valence-corrected chi connectivity index (χ4v) is 10.4. The minimum absolute atomic E-state index is 0.0738. The smallest absolute Gasteiger partial charge is 0.363 e. The van der Waals surface area contributed by atoms with Gasteiger partial charge >= 0.3 is 5.97 Å². The summed E-state index contributed by atoms with van der Waals surface area (Å²) in [6.07, 6.45) is 12.9. The minimum atomic E-state index is -0.0978. The van der Waals surface area contributed by atoms with Crippen molar-refractivity contribution in [3.63, 3.8) is 0 Å². The van der Waals surface area contributed by atoms with Crippen LogP contribution in [0.1, 0.15) is 71.1 Å². The molecule has 6 rings (SSSR count). The number of rotatable bonds is 3. The fourth-order valence-electron chi connectivity index (χ4n) is 7.18. The lowest BCUT2D eigenvalue weighted by molar-refractivity contribution is -0.168. The van der Waals surface area contributed by atoms with Gasteiger partial charge in [0, 0.05) is 35.6 Å². The molecule has 1 saturated heterocycles. The molecule has 0 aromatic heterocycles. The third-order valence-electron chi connectivity index (χ3n) is 8.26. The van der Waals surface area contributed by atoms with Crippen LogP contribution in [0.3, 0.4) is 0 Å². The minimum Gasteiger partial charge on any atom is -0.455 e. The molecule has 5 saturated carbocycles. The second-order valence-corrected chi connectivity index (χ2v) is 11.8. The Morgan fingerprint density at radius 2 is 1.52 bits per heavy atom. The zero-order chi connectivity index (χ0) is 15.7. The Labute approximate surface area is 143 Å². The van der Waals surface area contributed by atoms with E-state index in [1.165, 1.54) is 62.9 Å². The van der Waals surface area contributed by atoms with Crippen molar-refractivity contribution < 1.29 is 9.53 Å². The molecular formula is C20H31O2S+. The first kappa shape index (κ1) is 15.1. The van der Waals surface area contributed by atoms with Gasteiger partial charge in [0.2, 0.25) is 4.75 Å². The molecule has 2 nitrogen and oxygen atoms in total. The number of esters is 1. The summed E-state index contributed by atoms with van der Waals surface area (Å²) in [5, 5.41) is 0. The predicted octanol–water partition coefficient (Wildman–Crippen LogP) is 4.08. The van der Waals surface area contributed by atoms with E-state index in [0.29, 0.717) is 22.7 Å². The average Bonchev–Trinajstić information content (AvgIpc) is 3.34. The molecule has 5 aliphatic carbocycles. The standard InChI is InChI=1S/C20H31O2S/c1-19(16-12-14-11-15(16)13-17(14)19)22-18(21)20(7-3-4-8-20)23-9-5-2-6-10-23/h14-17H,2-13H2,1H3/q+1. The summed E-state index contributed by atoms with van der Waals surface area (Å²) >= 11 is 0. The number of carbonyl (C=O) groups excluding carboxylic acids is 1. The molecule has 0 aromatic carbocycles. The van der Waals surface area contributed by atoms with E-state index < -0.39 is 0 Å². The van der Waals surface area contributed by atoms with Gasteiger partial charge in [-0.3, -0.25) is 0 Å². The van der Waals surface area contributed by atoms with Crippen molar-refractivity contribution >= 4 is 16.9 Å². The topological polar surface area (TPSA) is 26.3 Å². The lowest BCUT2D eigenvalue weighted by Gasteiger charge is -2.38. The number of hydrogen-bond acceptors (Lipinski definition) is 2. The van der Waals surface area contributed by atoms with Gasteiger partial charge in [-0.05, 0) is 70.1 Å². The molecule has 0 radical (unpaired) electrons. The quantitative estimate of drug-likeness (QED) is 0.574. The molecule has 4 bridgehead atoms. The summed E-state index contributed by atoms with van der Waals surface area (Å²) in [6, 6.07) is 0. The van der Waals surface area contributed by atoms with Crippen LogP contribution in [0.25, 0.3) is 0 Å². The first-order valence-corrected chi connectivity index (χ1v) is 11.6. The maximum absolute atomic E-state index is 13.5. The summed E-state index contributed by atoms with van der Waals surface area (Å²) in [4.78, 5) is 13.5. The summed E-state index contributed by atoms with van der Waals surface area (Å²) in [5.41, 5.74) is -0.0978. The lowest BCUT2D eigenvalue weighted by Crippen LogP contribution is -2.53. The highest BCUT2D eigenvalue weighted by Gasteiger charge is 2.69. The van der Waals surface area contributed by atoms with Gasteiger partial charge in [0.1, 0.15) is 17.1 Å². The van der Waals surface area contributed by atoms with E-state index >= 15 is 0 Å².